The molecule has 0 aromatic heterocycles. The van der Waals surface area contributed by atoms with Gasteiger partial charge in [-0.2, -0.15) is 0 Å². The first-order valence-corrected chi connectivity index (χ1v) is 8.76. The van der Waals surface area contributed by atoms with Crippen LogP contribution in [0.4, 0.5) is 10.1 Å². The van der Waals surface area contributed by atoms with E-state index in [0.29, 0.717) is 0 Å². The second-order valence-corrected chi connectivity index (χ2v) is 7.74. The molecule has 2 N–H and O–H groups in total. The number of nitrogens with one attached hydrogen (secondary N) is 2. The number of carbonyl (C=O) groups is 1. The summed E-state index contributed by atoms with van der Waals surface area (Å²) in [6.45, 7) is 6.50. The standard InChI is InChI=1S/C21H25FN2O/c1-21(2,3)15-6-10-17(11-7-15)23-19(20(25)24-18-12-13-18)14-4-8-16(22)9-5-14/h4-11,18-19,23H,12-13H2,1-3H3,(H,24,25). The van der Waals surface area contributed by atoms with Crippen molar-refractivity contribution in [2.45, 2.75) is 51.1 Å². The lowest BCUT2D eigenvalue weighted by Crippen LogP contribution is -2.34. The van der Waals surface area contributed by atoms with Crippen molar-refractivity contribution in [1.29, 1.82) is 0 Å². The van der Waals surface area contributed by atoms with Crippen molar-refractivity contribution in [2.75, 3.05) is 5.32 Å². The first kappa shape index (κ1) is 17.5. The molecule has 0 saturated heterocycles. The fourth-order valence-corrected chi connectivity index (χ4v) is 2.70. The van der Waals surface area contributed by atoms with Crippen molar-refractivity contribution in [3.63, 3.8) is 0 Å². The molecule has 4 heteroatoms. The molecule has 0 aliphatic heterocycles. The molecule has 132 valence electrons. The highest BCUT2D eigenvalue weighted by atomic mass is 19.1. The van der Waals surface area contributed by atoms with Crippen molar-refractivity contribution < 1.29 is 9.18 Å². The van der Waals surface area contributed by atoms with Crippen molar-refractivity contribution in [2.24, 2.45) is 0 Å². The molecule has 0 spiro atoms. The van der Waals surface area contributed by atoms with Gasteiger partial charge in [-0.15, -0.1) is 0 Å². The van der Waals surface area contributed by atoms with Crippen LogP contribution < -0.4 is 10.6 Å². The Bertz CT molecular complexity index is 728. The minimum Gasteiger partial charge on any atom is -0.370 e. The van der Waals surface area contributed by atoms with Crippen LogP contribution in [0.15, 0.2) is 48.5 Å². The summed E-state index contributed by atoms with van der Waals surface area (Å²) in [5, 5.41) is 6.32. The molecule has 3 rings (SSSR count). The van der Waals surface area contributed by atoms with Crippen molar-refractivity contribution in [3.05, 3.63) is 65.5 Å². The van der Waals surface area contributed by atoms with Gasteiger partial charge >= 0.3 is 0 Å². The maximum atomic E-state index is 13.2. The van der Waals surface area contributed by atoms with Crippen LogP contribution in [0.25, 0.3) is 0 Å². The predicted octanol–water partition coefficient (Wildman–Crippen LogP) is 4.56. The number of halogens is 1. The molecule has 3 nitrogen and oxygen atoms in total. The van der Waals surface area contributed by atoms with E-state index >= 15 is 0 Å². The van der Waals surface area contributed by atoms with Gasteiger partial charge in [-0.3, -0.25) is 4.79 Å². The normalized spacial score (nSPS) is 15.5. The smallest absolute Gasteiger partial charge is 0.247 e. The number of rotatable bonds is 5. The van der Waals surface area contributed by atoms with Gasteiger partial charge < -0.3 is 10.6 Å². The summed E-state index contributed by atoms with van der Waals surface area (Å²) in [6, 6.07) is 13.9. The van der Waals surface area contributed by atoms with Crippen LogP contribution in [0.5, 0.6) is 0 Å². The molecule has 0 heterocycles. The summed E-state index contributed by atoms with van der Waals surface area (Å²) in [5.74, 6) is -0.381. The Hall–Kier alpha value is -2.36. The molecule has 0 bridgehead atoms. The van der Waals surface area contributed by atoms with E-state index in [9.17, 15) is 9.18 Å². The molecule has 2 aromatic carbocycles. The van der Waals surface area contributed by atoms with Crippen LogP contribution >= 0.6 is 0 Å². The zero-order valence-electron chi connectivity index (χ0n) is 15.0. The molecule has 1 amide bonds. The third-order valence-electron chi connectivity index (χ3n) is 4.45. The monoisotopic (exact) mass is 340 g/mol. The number of carbonyl (C=O) groups excluding carboxylic acids is 1. The average Bonchev–Trinajstić information content (AvgIpc) is 3.37. The third-order valence-corrected chi connectivity index (χ3v) is 4.45. The van der Waals surface area contributed by atoms with Crippen LogP contribution in [0, 0.1) is 5.82 Å². The Morgan fingerprint density at radius 1 is 1.04 bits per heavy atom. The largest absolute Gasteiger partial charge is 0.370 e. The summed E-state index contributed by atoms with van der Waals surface area (Å²) in [5.41, 5.74) is 2.93. The van der Waals surface area contributed by atoms with Gasteiger partial charge in [0.2, 0.25) is 5.91 Å². The fraction of sp³-hybridized carbons (Fsp3) is 0.381. The quantitative estimate of drug-likeness (QED) is 0.838. The zero-order valence-corrected chi connectivity index (χ0v) is 15.0. The molecule has 0 radical (unpaired) electrons. The Morgan fingerprint density at radius 2 is 1.64 bits per heavy atom. The highest BCUT2D eigenvalue weighted by molar-refractivity contribution is 5.86. The van der Waals surface area contributed by atoms with E-state index in [-0.39, 0.29) is 23.2 Å². The van der Waals surface area contributed by atoms with Crippen LogP contribution in [0.3, 0.4) is 0 Å². The Labute approximate surface area is 148 Å². The van der Waals surface area contributed by atoms with Gasteiger partial charge in [0, 0.05) is 11.7 Å². The number of hydrogen-bond donors (Lipinski definition) is 2. The van der Waals surface area contributed by atoms with Gasteiger partial charge in [0.1, 0.15) is 11.9 Å². The van der Waals surface area contributed by atoms with Gasteiger partial charge in [-0.05, 0) is 53.6 Å². The van der Waals surface area contributed by atoms with Crippen molar-refractivity contribution >= 4 is 11.6 Å². The van der Waals surface area contributed by atoms with Gasteiger partial charge in [0.15, 0.2) is 0 Å². The first-order valence-electron chi connectivity index (χ1n) is 8.76. The molecule has 1 aliphatic rings. The second kappa shape index (κ2) is 6.87. The lowest BCUT2D eigenvalue weighted by molar-refractivity contribution is -0.122. The number of hydrogen-bond acceptors (Lipinski definition) is 2. The lowest BCUT2D eigenvalue weighted by atomic mass is 9.87. The Balaban J connectivity index is 1.81. The van der Waals surface area contributed by atoms with Crippen LogP contribution in [-0.4, -0.2) is 11.9 Å². The first-order chi connectivity index (χ1) is 11.8. The van der Waals surface area contributed by atoms with Crippen LogP contribution in [0.2, 0.25) is 0 Å². The Morgan fingerprint density at radius 3 is 2.16 bits per heavy atom. The van der Waals surface area contributed by atoms with E-state index in [4.69, 9.17) is 0 Å². The summed E-state index contributed by atoms with van der Waals surface area (Å²) >= 11 is 0. The number of amides is 1. The van der Waals surface area contributed by atoms with E-state index in [1.807, 2.05) is 12.1 Å². The van der Waals surface area contributed by atoms with E-state index < -0.39 is 6.04 Å². The van der Waals surface area contributed by atoms with Gasteiger partial charge in [0.05, 0.1) is 0 Å². The van der Waals surface area contributed by atoms with E-state index in [0.717, 1.165) is 24.1 Å². The van der Waals surface area contributed by atoms with Crippen LogP contribution in [-0.2, 0) is 10.2 Å². The molecular weight excluding hydrogens is 315 g/mol. The Kier molecular flexibility index (Phi) is 4.80. The lowest BCUT2D eigenvalue weighted by Gasteiger charge is -2.22. The minimum absolute atomic E-state index is 0.0750. The summed E-state index contributed by atoms with van der Waals surface area (Å²) in [4.78, 5) is 12.6. The summed E-state index contributed by atoms with van der Waals surface area (Å²) in [7, 11) is 0. The van der Waals surface area contributed by atoms with Crippen LogP contribution in [0.1, 0.15) is 50.8 Å². The van der Waals surface area contributed by atoms with Gasteiger partial charge in [-0.1, -0.05) is 45.0 Å². The summed E-state index contributed by atoms with van der Waals surface area (Å²) < 4.78 is 13.2. The number of benzene rings is 2. The predicted molar refractivity (Wildman–Crippen MR) is 99.1 cm³/mol. The van der Waals surface area contributed by atoms with Gasteiger partial charge in [0.25, 0.3) is 0 Å². The van der Waals surface area contributed by atoms with E-state index in [2.05, 4.69) is 43.5 Å². The highest BCUT2D eigenvalue weighted by Gasteiger charge is 2.28. The molecule has 25 heavy (non-hydrogen) atoms. The third kappa shape index (κ3) is 4.59. The zero-order chi connectivity index (χ0) is 18.0. The molecule has 1 unspecified atom stereocenters. The van der Waals surface area contributed by atoms with E-state index in [1.54, 1.807) is 12.1 Å². The maximum Gasteiger partial charge on any atom is 0.247 e. The van der Waals surface area contributed by atoms with Gasteiger partial charge in [-0.25, -0.2) is 4.39 Å². The molecular formula is C21H25FN2O. The topological polar surface area (TPSA) is 41.1 Å². The molecule has 1 fully saturated rings. The average molecular weight is 340 g/mol. The molecule has 1 atom stereocenters. The molecule has 1 saturated carbocycles. The highest BCUT2D eigenvalue weighted by Crippen LogP contribution is 2.27. The van der Waals surface area contributed by atoms with Crippen molar-refractivity contribution in [3.8, 4) is 0 Å². The second-order valence-electron chi connectivity index (χ2n) is 7.74. The van der Waals surface area contributed by atoms with E-state index in [1.165, 1.54) is 17.7 Å². The molecule has 1 aliphatic carbocycles. The van der Waals surface area contributed by atoms with Crippen molar-refractivity contribution in [1.82, 2.24) is 5.32 Å². The fourth-order valence-electron chi connectivity index (χ4n) is 2.70. The minimum atomic E-state index is -0.540. The number of anilines is 1. The SMILES string of the molecule is CC(C)(C)c1ccc(NC(C(=O)NC2CC2)c2ccc(F)cc2)cc1. The maximum absolute atomic E-state index is 13.2. The summed E-state index contributed by atoms with van der Waals surface area (Å²) in [6.07, 6.45) is 2.06. The molecule has 2 aromatic rings.